The molecule has 0 aliphatic carbocycles. The summed E-state index contributed by atoms with van der Waals surface area (Å²) < 4.78 is 11.1. The molecule has 2 heterocycles. The number of nitrogens with zero attached hydrogens (tertiary/aromatic N) is 3. The van der Waals surface area contributed by atoms with E-state index in [4.69, 9.17) is 9.47 Å². The molecule has 1 aliphatic rings. The molecule has 1 aromatic heterocycles. The number of methoxy groups -OCH3 is 1. The van der Waals surface area contributed by atoms with Crippen LogP contribution in [0.1, 0.15) is 24.6 Å². The molecule has 1 aliphatic heterocycles. The molecule has 0 saturated carbocycles. The zero-order valence-electron chi connectivity index (χ0n) is 14.4. The van der Waals surface area contributed by atoms with Crippen molar-refractivity contribution in [3.63, 3.8) is 0 Å². The number of carbonyl (C=O) groups excluding carboxylic acids is 1. The minimum atomic E-state index is -0.0606. The molecule has 1 amide bonds. The molecule has 1 N–H and O–H groups in total. The molecule has 7 nitrogen and oxygen atoms in total. The zero-order valence-corrected chi connectivity index (χ0v) is 14.4. The Kier molecular flexibility index (Phi) is 5.45. The second-order valence-corrected chi connectivity index (χ2v) is 5.81. The monoisotopic (exact) mass is 342 g/mol. The van der Waals surface area contributed by atoms with Crippen molar-refractivity contribution in [1.82, 2.24) is 20.2 Å². The number of aromatic nitrogens is 2. The van der Waals surface area contributed by atoms with Gasteiger partial charge in [0.2, 0.25) is 11.8 Å². The van der Waals surface area contributed by atoms with E-state index in [1.807, 2.05) is 29.2 Å². The smallest absolute Gasteiger partial charge is 0.238 e. The van der Waals surface area contributed by atoms with E-state index in [1.54, 1.807) is 26.6 Å². The summed E-state index contributed by atoms with van der Waals surface area (Å²) in [7, 11) is 3.36. The van der Waals surface area contributed by atoms with E-state index in [9.17, 15) is 4.79 Å². The highest BCUT2D eigenvalue weighted by Gasteiger charge is 2.31. The van der Waals surface area contributed by atoms with Gasteiger partial charge in [-0.15, -0.1) is 0 Å². The number of hydrogen-bond donors (Lipinski definition) is 1. The summed E-state index contributed by atoms with van der Waals surface area (Å²) in [4.78, 5) is 22.9. The Morgan fingerprint density at radius 3 is 2.88 bits per heavy atom. The lowest BCUT2D eigenvalue weighted by molar-refractivity contribution is -0.131. The van der Waals surface area contributed by atoms with Crippen molar-refractivity contribution in [1.29, 1.82) is 0 Å². The molecule has 0 spiro atoms. The maximum absolute atomic E-state index is 12.3. The normalized spacial score (nSPS) is 16.7. The number of ether oxygens (including phenoxy) is 2. The van der Waals surface area contributed by atoms with Crippen molar-refractivity contribution >= 4 is 5.91 Å². The van der Waals surface area contributed by atoms with Crippen molar-refractivity contribution in [2.45, 2.75) is 18.9 Å². The third-order valence-corrected chi connectivity index (χ3v) is 4.16. The second kappa shape index (κ2) is 7.94. The first-order valence-corrected chi connectivity index (χ1v) is 8.30. The average Bonchev–Trinajstić information content (AvgIpc) is 3.12. The summed E-state index contributed by atoms with van der Waals surface area (Å²) in [6.07, 6.45) is 5.09. The first kappa shape index (κ1) is 17.2. The van der Waals surface area contributed by atoms with Crippen LogP contribution in [0.15, 0.2) is 36.7 Å². The van der Waals surface area contributed by atoms with Gasteiger partial charge in [0, 0.05) is 6.54 Å². The third-order valence-electron chi connectivity index (χ3n) is 4.16. The summed E-state index contributed by atoms with van der Waals surface area (Å²) in [5, 5.41) is 2.91. The lowest BCUT2D eigenvalue weighted by atomic mass is 10.1. The molecular formula is C18H22N4O3. The summed E-state index contributed by atoms with van der Waals surface area (Å²) in [6.45, 7) is 1.06. The summed E-state index contributed by atoms with van der Waals surface area (Å²) in [6, 6.07) is 7.31. The van der Waals surface area contributed by atoms with E-state index in [0.717, 1.165) is 25.1 Å². The van der Waals surface area contributed by atoms with Gasteiger partial charge in [0.15, 0.2) is 11.5 Å². The number of likely N-dealkylation sites (tertiary alicyclic amines) is 1. The average molecular weight is 342 g/mol. The van der Waals surface area contributed by atoms with Gasteiger partial charge in [-0.1, -0.05) is 12.1 Å². The van der Waals surface area contributed by atoms with E-state index in [2.05, 4.69) is 15.3 Å². The Hall–Kier alpha value is -2.67. The lowest BCUT2D eigenvalue weighted by Crippen LogP contribution is -2.36. The van der Waals surface area contributed by atoms with Crippen LogP contribution in [0, 0.1) is 0 Å². The molecule has 132 valence electrons. The molecule has 0 bridgehead atoms. The molecule has 0 radical (unpaired) electrons. The van der Waals surface area contributed by atoms with Gasteiger partial charge in [0.25, 0.3) is 0 Å². The maximum Gasteiger partial charge on any atom is 0.238 e. The maximum atomic E-state index is 12.3. The van der Waals surface area contributed by atoms with E-state index in [-0.39, 0.29) is 11.9 Å². The molecule has 1 fully saturated rings. The first-order chi connectivity index (χ1) is 12.2. The van der Waals surface area contributed by atoms with Crippen molar-refractivity contribution in [2.75, 3.05) is 27.2 Å². The molecule has 7 heteroatoms. The fourth-order valence-electron chi connectivity index (χ4n) is 3.01. The quantitative estimate of drug-likeness (QED) is 0.867. The van der Waals surface area contributed by atoms with Crippen LogP contribution >= 0.6 is 0 Å². The van der Waals surface area contributed by atoms with Gasteiger partial charge in [-0.2, -0.15) is 0 Å². The Labute approximate surface area is 147 Å². The first-order valence-electron chi connectivity index (χ1n) is 8.30. The van der Waals surface area contributed by atoms with Crippen LogP contribution in [0.5, 0.6) is 17.4 Å². The molecule has 3 rings (SSSR count). The number of carbonyl (C=O) groups is 1. The van der Waals surface area contributed by atoms with Gasteiger partial charge >= 0.3 is 0 Å². The number of benzene rings is 1. The van der Waals surface area contributed by atoms with Gasteiger partial charge in [-0.25, -0.2) is 4.98 Å². The molecule has 1 saturated heterocycles. The standard InChI is InChI=1S/C18H22N4O3/c1-19-12-18(23)22-9-5-6-14(22)13-10-20-11-17(21-13)25-16-8-4-3-7-15(16)24-2/h3-4,7-8,10-11,14,19H,5-6,9,12H2,1-2H3. The minimum Gasteiger partial charge on any atom is -0.493 e. The fourth-order valence-corrected chi connectivity index (χ4v) is 3.01. The Bertz CT molecular complexity index is 738. The highest BCUT2D eigenvalue weighted by molar-refractivity contribution is 5.79. The van der Waals surface area contributed by atoms with Crippen LogP contribution in [-0.4, -0.2) is 48.0 Å². The number of para-hydroxylation sites is 2. The fraction of sp³-hybridized carbons (Fsp3) is 0.389. The van der Waals surface area contributed by atoms with Gasteiger partial charge in [-0.05, 0) is 32.0 Å². The van der Waals surface area contributed by atoms with Crippen LogP contribution in [0.4, 0.5) is 0 Å². The number of nitrogens with one attached hydrogen (secondary N) is 1. The topological polar surface area (TPSA) is 76.6 Å². The van der Waals surface area contributed by atoms with E-state index in [1.165, 1.54) is 0 Å². The van der Waals surface area contributed by atoms with Crippen LogP contribution in [-0.2, 0) is 4.79 Å². The van der Waals surface area contributed by atoms with E-state index < -0.39 is 0 Å². The zero-order chi connectivity index (χ0) is 17.6. The molecule has 1 atom stereocenters. The predicted molar refractivity (Wildman–Crippen MR) is 92.7 cm³/mol. The van der Waals surface area contributed by atoms with Crippen molar-refractivity contribution in [3.8, 4) is 17.4 Å². The van der Waals surface area contributed by atoms with Gasteiger partial charge in [0.1, 0.15) is 0 Å². The number of amides is 1. The van der Waals surface area contributed by atoms with E-state index in [0.29, 0.717) is 23.9 Å². The van der Waals surface area contributed by atoms with Gasteiger partial charge in [-0.3, -0.25) is 9.78 Å². The minimum absolute atomic E-state index is 0.0606. The van der Waals surface area contributed by atoms with Crippen molar-refractivity contribution in [2.24, 2.45) is 0 Å². The van der Waals surface area contributed by atoms with Gasteiger partial charge < -0.3 is 19.7 Å². The van der Waals surface area contributed by atoms with Crippen molar-refractivity contribution in [3.05, 3.63) is 42.4 Å². The highest BCUT2D eigenvalue weighted by Crippen LogP contribution is 2.33. The summed E-state index contributed by atoms with van der Waals surface area (Å²) in [5.74, 6) is 1.66. The Morgan fingerprint density at radius 1 is 1.32 bits per heavy atom. The molecule has 1 aromatic carbocycles. The summed E-state index contributed by atoms with van der Waals surface area (Å²) in [5.41, 5.74) is 0.745. The van der Waals surface area contributed by atoms with Crippen LogP contribution < -0.4 is 14.8 Å². The summed E-state index contributed by atoms with van der Waals surface area (Å²) >= 11 is 0. The second-order valence-electron chi connectivity index (χ2n) is 5.81. The molecule has 25 heavy (non-hydrogen) atoms. The third kappa shape index (κ3) is 3.88. The van der Waals surface area contributed by atoms with Crippen LogP contribution in [0.3, 0.4) is 0 Å². The highest BCUT2D eigenvalue weighted by atomic mass is 16.5. The van der Waals surface area contributed by atoms with Gasteiger partial charge in [0.05, 0.1) is 37.8 Å². The van der Waals surface area contributed by atoms with E-state index >= 15 is 0 Å². The molecule has 2 aromatic rings. The molecule has 1 unspecified atom stereocenters. The van der Waals surface area contributed by atoms with Crippen molar-refractivity contribution < 1.29 is 14.3 Å². The van der Waals surface area contributed by atoms with Crippen LogP contribution in [0.25, 0.3) is 0 Å². The lowest BCUT2D eigenvalue weighted by Gasteiger charge is -2.24. The Balaban J connectivity index is 1.80. The number of hydrogen-bond acceptors (Lipinski definition) is 6. The number of likely N-dealkylation sites (N-methyl/N-ethyl adjacent to an activating group) is 1. The Morgan fingerprint density at radius 2 is 2.12 bits per heavy atom. The van der Waals surface area contributed by atoms with Crippen LogP contribution in [0.2, 0.25) is 0 Å². The molecular weight excluding hydrogens is 320 g/mol. The number of rotatable bonds is 6. The largest absolute Gasteiger partial charge is 0.493 e. The SMILES string of the molecule is CNCC(=O)N1CCCC1c1cncc(Oc2ccccc2OC)n1. The predicted octanol–water partition coefficient (Wildman–Crippen LogP) is 2.16.